The van der Waals surface area contributed by atoms with Crippen LogP contribution in [0.3, 0.4) is 0 Å². The molecule has 0 saturated heterocycles. The highest BCUT2D eigenvalue weighted by Gasteiger charge is 2.31. The van der Waals surface area contributed by atoms with Crippen LogP contribution in [-0.2, 0) is 0 Å². The second kappa shape index (κ2) is 6.42. The van der Waals surface area contributed by atoms with Gasteiger partial charge < -0.3 is 19.7 Å². The van der Waals surface area contributed by atoms with Crippen LogP contribution in [0.4, 0.5) is 10.1 Å². The molecule has 0 spiro atoms. The van der Waals surface area contributed by atoms with Crippen LogP contribution in [-0.4, -0.2) is 33.6 Å². The van der Waals surface area contributed by atoms with Crippen molar-refractivity contribution in [3.8, 4) is 5.75 Å². The molecule has 1 aliphatic rings. The van der Waals surface area contributed by atoms with Crippen LogP contribution in [0.1, 0.15) is 19.7 Å². The molecule has 1 aliphatic heterocycles. The van der Waals surface area contributed by atoms with E-state index in [2.05, 4.69) is 9.97 Å². The van der Waals surface area contributed by atoms with Gasteiger partial charge in [0, 0.05) is 5.69 Å². The van der Waals surface area contributed by atoms with Gasteiger partial charge in [-0.25, -0.2) is 9.37 Å². The number of benzene rings is 2. The molecule has 1 aromatic heterocycles. The Kier molecular flexibility index (Phi) is 4.07. The monoisotopic (exact) mass is 366 g/mol. The normalized spacial score (nSPS) is 14.7. The van der Waals surface area contributed by atoms with Gasteiger partial charge in [0.2, 0.25) is 0 Å². The highest BCUT2D eigenvalue weighted by atomic mass is 19.1. The van der Waals surface area contributed by atoms with E-state index in [0.29, 0.717) is 22.4 Å². The summed E-state index contributed by atoms with van der Waals surface area (Å²) in [5.74, 6) is 0.894. The standard InChI is InChI=1S/C20H19FN4O2/c1-11(2)27-14-6-4-13(5-7-14)25-10-17(26)18(19(25)22)20-23-15-8-3-12(21)9-16(15)24-20/h3-9,11,22,26H,10H2,1-2H3,(H,23,24). The van der Waals surface area contributed by atoms with E-state index < -0.39 is 0 Å². The number of H-pyrrole nitrogens is 1. The van der Waals surface area contributed by atoms with Crippen LogP contribution in [0.15, 0.2) is 48.2 Å². The SMILES string of the molecule is CC(C)Oc1ccc(N2CC(O)=C(c3nc4ccc(F)cc4[nH]3)C2=N)cc1. The molecule has 2 heterocycles. The van der Waals surface area contributed by atoms with Gasteiger partial charge in [-0.05, 0) is 56.3 Å². The fourth-order valence-electron chi connectivity index (χ4n) is 3.13. The third-order valence-electron chi connectivity index (χ3n) is 4.30. The van der Waals surface area contributed by atoms with E-state index in [9.17, 15) is 9.50 Å². The number of amidine groups is 1. The molecule has 0 bridgehead atoms. The molecule has 0 amide bonds. The number of nitrogens with zero attached hydrogens (tertiary/aromatic N) is 2. The number of halogens is 1. The minimum Gasteiger partial charge on any atom is -0.509 e. The van der Waals surface area contributed by atoms with Crippen molar-refractivity contribution in [1.82, 2.24) is 9.97 Å². The first-order valence-electron chi connectivity index (χ1n) is 8.63. The number of rotatable bonds is 4. The first-order chi connectivity index (χ1) is 12.9. The largest absolute Gasteiger partial charge is 0.509 e. The van der Waals surface area contributed by atoms with Gasteiger partial charge in [0.05, 0.1) is 29.3 Å². The predicted molar refractivity (Wildman–Crippen MR) is 103 cm³/mol. The van der Waals surface area contributed by atoms with Crippen molar-refractivity contribution in [3.63, 3.8) is 0 Å². The number of anilines is 1. The number of aliphatic hydroxyl groups excluding tert-OH is 1. The summed E-state index contributed by atoms with van der Waals surface area (Å²) in [5.41, 5.74) is 2.17. The molecule has 0 atom stereocenters. The van der Waals surface area contributed by atoms with Gasteiger partial charge in [-0.15, -0.1) is 0 Å². The van der Waals surface area contributed by atoms with Crippen LogP contribution >= 0.6 is 0 Å². The molecule has 3 N–H and O–H groups in total. The van der Waals surface area contributed by atoms with Gasteiger partial charge >= 0.3 is 0 Å². The number of fused-ring (bicyclic) bond motifs is 1. The zero-order valence-corrected chi connectivity index (χ0v) is 15.0. The lowest BCUT2D eigenvalue weighted by Crippen LogP contribution is -2.26. The molecule has 0 unspecified atom stereocenters. The van der Waals surface area contributed by atoms with Crippen molar-refractivity contribution in [2.24, 2.45) is 0 Å². The van der Waals surface area contributed by atoms with Gasteiger partial charge in [-0.3, -0.25) is 5.41 Å². The minimum absolute atomic E-state index is 0.0436. The number of hydrogen-bond donors (Lipinski definition) is 3. The van der Waals surface area contributed by atoms with Crippen molar-refractivity contribution >= 4 is 28.1 Å². The summed E-state index contributed by atoms with van der Waals surface area (Å²) in [7, 11) is 0. The summed E-state index contributed by atoms with van der Waals surface area (Å²) < 4.78 is 19.0. The Morgan fingerprint density at radius 3 is 2.67 bits per heavy atom. The number of aromatic amines is 1. The van der Waals surface area contributed by atoms with E-state index in [1.807, 2.05) is 38.1 Å². The molecule has 2 aromatic carbocycles. The molecular formula is C20H19FN4O2. The molecule has 3 aromatic rings. The molecule has 7 heteroatoms. The lowest BCUT2D eigenvalue weighted by atomic mass is 10.2. The van der Waals surface area contributed by atoms with E-state index in [1.165, 1.54) is 12.1 Å². The Morgan fingerprint density at radius 1 is 1.22 bits per heavy atom. The zero-order valence-electron chi connectivity index (χ0n) is 15.0. The topological polar surface area (TPSA) is 85.2 Å². The zero-order chi connectivity index (χ0) is 19.1. The number of aliphatic hydroxyl groups is 1. The summed E-state index contributed by atoms with van der Waals surface area (Å²) in [6.45, 7) is 4.08. The van der Waals surface area contributed by atoms with Crippen LogP contribution < -0.4 is 9.64 Å². The van der Waals surface area contributed by atoms with Crippen molar-refractivity contribution in [1.29, 1.82) is 5.41 Å². The summed E-state index contributed by atoms with van der Waals surface area (Å²) in [4.78, 5) is 9.05. The quantitative estimate of drug-likeness (QED) is 0.644. The summed E-state index contributed by atoms with van der Waals surface area (Å²) in [6.07, 6.45) is 0.0798. The van der Waals surface area contributed by atoms with Gasteiger partial charge in [0.1, 0.15) is 29.0 Å². The molecule has 0 aliphatic carbocycles. The van der Waals surface area contributed by atoms with Crippen molar-refractivity contribution < 1.29 is 14.2 Å². The summed E-state index contributed by atoms with van der Waals surface area (Å²) in [5, 5.41) is 18.9. The maximum absolute atomic E-state index is 13.4. The molecule has 138 valence electrons. The smallest absolute Gasteiger partial charge is 0.145 e. The maximum atomic E-state index is 13.4. The third-order valence-corrected chi connectivity index (χ3v) is 4.30. The average molecular weight is 366 g/mol. The Balaban J connectivity index is 1.62. The minimum atomic E-state index is -0.372. The highest BCUT2D eigenvalue weighted by Crippen LogP contribution is 2.31. The molecule has 0 radical (unpaired) electrons. The van der Waals surface area contributed by atoms with E-state index >= 15 is 0 Å². The van der Waals surface area contributed by atoms with Gasteiger partial charge in [0.15, 0.2) is 0 Å². The number of nitrogens with one attached hydrogen (secondary N) is 2. The summed E-state index contributed by atoms with van der Waals surface area (Å²) >= 11 is 0. The van der Waals surface area contributed by atoms with Crippen LogP contribution in [0, 0.1) is 11.2 Å². The molecular weight excluding hydrogens is 347 g/mol. The highest BCUT2D eigenvalue weighted by molar-refractivity contribution is 6.30. The Bertz CT molecular complexity index is 1050. The summed E-state index contributed by atoms with van der Waals surface area (Å²) in [6, 6.07) is 11.6. The van der Waals surface area contributed by atoms with Crippen molar-refractivity contribution in [2.75, 3.05) is 11.4 Å². The Hall–Kier alpha value is -3.35. The van der Waals surface area contributed by atoms with E-state index in [-0.39, 0.29) is 30.1 Å². The van der Waals surface area contributed by atoms with E-state index in [0.717, 1.165) is 11.4 Å². The maximum Gasteiger partial charge on any atom is 0.145 e. The second-order valence-electron chi connectivity index (χ2n) is 6.66. The van der Waals surface area contributed by atoms with E-state index in [4.69, 9.17) is 10.1 Å². The molecule has 0 saturated carbocycles. The van der Waals surface area contributed by atoms with Crippen LogP contribution in [0.25, 0.3) is 16.6 Å². The fourth-order valence-corrected chi connectivity index (χ4v) is 3.13. The van der Waals surface area contributed by atoms with Crippen LogP contribution in [0.2, 0.25) is 0 Å². The second-order valence-corrected chi connectivity index (χ2v) is 6.66. The first-order valence-corrected chi connectivity index (χ1v) is 8.63. The third kappa shape index (κ3) is 3.12. The van der Waals surface area contributed by atoms with Gasteiger partial charge in [0.25, 0.3) is 0 Å². The molecule has 6 nitrogen and oxygen atoms in total. The first kappa shape index (κ1) is 17.1. The van der Waals surface area contributed by atoms with Crippen molar-refractivity contribution in [2.45, 2.75) is 20.0 Å². The Morgan fingerprint density at radius 2 is 1.96 bits per heavy atom. The van der Waals surface area contributed by atoms with Crippen LogP contribution in [0.5, 0.6) is 5.75 Å². The fraction of sp³-hybridized carbons (Fsp3) is 0.200. The average Bonchev–Trinajstić information content (AvgIpc) is 3.14. The Labute approximate surface area is 155 Å². The number of aromatic nitrogens is 2. The number of imidazole rings is 1. The molecule has 27 heavy (non-hydrogen) atoms. The predicted octanol–water partition coefficient (Wildman–Crippen LogP) is 4.26. The van der Waals surface area contributed by atoms with Crippen molar-refractivity contribution in [3.05, 3.63) is 59.9 Å². The lowest BCUT2D eigenvalue weighted by Gasteiger charge is -2.19. The lowest BCUT2D eigenvalue weighted by molar-refractivity contribution is 0.242. The molecule has 0 fully saturated rings. The molecule has 4 rings (SSSR count). The van der Waals surface area contributed by atoms with E-state index in [1.54, 1.807) is 11.0 Å². The van der Waals surface area contributed by atoms with Gasteiger partial charge in [-0.1, -0.05) is 0 Å². The van der Waals surface area contributed by atoms with Gasteiger partial charge in [-0.2, -0.15) is 0 Å². The number of ether oxygens (including phenoxy) is 1. The number of hydrogen-bond acceptors (Lipinski definition) is 4.